The quantitative estimate of drug-likeness (QED) is 0.694. The van der Waals surface area contributed by atoms with E-state index in [0.29, 0.717) is 26.6 Å². The summed E-state index contributed by atoms with van der Waals surface area (Å²) in [5.74, 6) is -0.520. The number of para-hydroxylation sites is 1. The average molecular weight is 362 g/mol. The van der Waals surface area contributed by atoms with Crippen molar-refractivity contribution in [3.8, 4) is 0 Å². The minimum Gasteiger partial charge on any atom is -0.422 e. The molecule has 0 saturated carbocycles. The molecule has 3 aromatic rings. The van der Waals surface area contributed by atoms with Gasteiger partial charge in [-0.05, 0) is 36.8 Å². The molecule has 4 nitrogen and oxygen atoms in total. The number of nitrogens with one attached hydrogen (secondary N) is 1. The molecule has 0 aliphatic rings. The summed E-state index contributed by atoms with van der Waals surface area (Å²) < 4.78 is 5.18. The van der Waals surface area contributed by atoms with E-state index in [-0.39, 0.29) is 5.56 Å². The van der Waals surface area contributed by atoms with Crippen molar-refractivity contribution in [1.29, 1.82) is 0 Å². The summed E-state index contributed by atoms with van der Waals surface area (Å²) in [5, 5.41) is 4.39. The van der Waals surface area contributed by atoms with E-state index in [9.17, 15) is 9.59 Å². The molecule has 1 atom stereocenters. The highest BCUT2D eigenvalue weighted by molar-refractivity contribution is 6.35. The van der Waals surface area contributed by atoms with Crippen LogP contribution < -0.4 is 10.9 Å². The van der Waals surface area contributed by atoms with Crippen molar-refractivity contribution in [2.75, 3.05) is 0 Å². The minimum absolute atomic E-state index is 0.0503. The fourth-order valence-corrected chi connectivity index (χ4v) is 3.00. The highest BCUT2D eigenvalue weighted by Crippen LogP contribution is 2.26. The number of hydrogen-bond acceptors (Lipinski definition) is 3. The van der Waals surface area contributed by atoms with Gasteiger partial charge in [-0.2, -0.15) is 0 Å². The fourth-order valence-electron chi connectivity index (χ4n) is 2.43. The van der Waals surface area contributed by atoms with Gasteiger partial charge in [0.2, 0.25) is 0 Å². The van der Waals surface area contributed by atoms with Gasteiger partial charge in [-0.1, -0.05) is 47.5 Å². The van der Waals surface area contributed by atoms with Crippen LogP contribution in [0.5, 0.6) is 0 Å². The molecule has 1 amide bonds. The predicted octanol–water partition coefficient (Wildman–Crippen LogP) is 4.59. The lowest BCUT2D eigenvalue weighted by molar-refractivity contribution is 0.0936. The van der Waals surface area contributed by atoms with Crippen molar-refractivity contribution in [3.05, 3.63) is 80.1 Å². The summed E-state index contributed by atoms with van der Waals surface area (Å²) in [4.78, 5) is 24.5. The molecule has 2 aromatic carbocycles. The van der Waals surface area contributed by atoms with Crippen LogP contribution in [0.25, 0.3) is 11.0 Å². The monoisotopic (exact) mass is 361 g/mol. The Hall–Kier alpha value is -2.30. The SMILES string of the molecule is CC(NC(=O)c1cc2ccccc2oc1=O)c1ccc(Cl)cc1Cl. The Morgan fingerprint density at radius 3 is 2.62 bits per heavy atom. The second-order valence-corrected chi connectivity index (χ2v) is 6.19. The Morgan fingerprint density at radius 1 is 1.12 bits per heavy atom. The second kappa shape index (κ2) is 6.67. The first-order valence-corrected chi connectivity index (χ1v) is 8.00. The highest BCUT2D eigenvalue weighted by atomic mass is 35.5. The van der Waals surface area contributed by atoms with Crippen LogP contribution in [0.1, 0.15) is 28.9 Å². The number of halogens is 2. The predicted molar refractivity (Wildman–Crippen MR) is 94.8 cm³/mol. The van der Waals surface area contributed by atoms with Crippen LogP contribution in [-0.2, 0) is 0 Å². The van der Waals surface area contributed by atoms with Gasteiger partial charge in [-0.3, -0.25) is 4.79 Å². The largest absolute Gasteiger partial charge is 0.422 e. The zero-order valence-electron chi connectivity index (χ0n) is 12.7. The lowest BCUT2D eigenvalue weighted by atomic mass is 10.1. The molecule has 24 heavy (non-hydrogen) atoms. The molecule has 0 saturated heterocycles. The maximum atomic E-state index is 12.4. The number of carbonyl (C=O) groups excluding carboxylic acids is 1. The summed E-state index contributed by atoms with van der Waals surface area (Å²) in [6, 6.07) is 13.2. The Morgan fingerprint density at radius 2 is 1.88 bits per heavy atom. The Kier molecular flexibility index (Phi) is 4.60. The van der Waals surface area contributed by atoms with Gasteiger partial charge < -0.3 is 9.73 Å². The van der Waals surface area contributed by atoms with E-state index in [2.05, 4.69) is 5.32 Å². The van der Waals surface area contributed by atoms with E-state index in [1.807, 2.05) is 0 Å². The van der Waals surface area contributed by atoms with Crippen molar-refractivity contribution in [3.63, 3.8) is 0 Å². The summed E-state index contributed by atoms with van der Waals surface area (Å²) in [6.07, 6.45) is 0. The number of amides is 1. The first-order valence-electron chi connectivity index (χ1n) is 7.24. The highest BCUT2D eigenvalue weighted by Gasteiger charge is 2.18. The van der Waals surface area contributed by atoms with Crippen molar-refractivity contribution < 1.29 is 9.21 Å². The summed E-state index contributed by atoms with van der Waals surface area (Å²) >= 11 is 12.0. The zero-order chi connectivity index (χ0) is 17.3. The maximum Gasteiger partial charge on any atom is 0.349 e. The molecule has 1 heterocycles. The molecular formula is C18H13Cl2NO3. The van der Waals surface area contributed by atoms with Crippen LogP contribution in [0.15, 0.2) is 57.7 Å². The van der Waals surface area contributed by atoms with Gasteiger partial charge in [0.05, 0.1) is 6.04 Å². The standard InChI is InChI=1S/C18H13Cl2NO3/c1-10(13-7-6-12(19)9-15(13)20)21-17(22)14-8-11-4-2-3-5-16(11)24-18(14)23/h2-10H,1H3,(H,21,22). The molecule has 0 fully saturated rings. The molecule has 0 radical (unpaired) electrons. The molecule has 6 heteroatoms. The molecule has 3 rings (SSSR count). The van der Waals surface area contributed by atoms with Crippen LogP contribution in [-0.4, -0.2) is 5.91 Å². The third kappa shape index (κ3) is 3.30. The third-order valence-corrected chi connectivity index (χ3v) is 4.23. The van der Waals surface area contributed by atoms with Crippen LogP contribution in [0.3, 0.4) is 0 Å². The molecule has 1 N–H and O–H groups in total. The molecule has 0 aliphatic heterocycles. The summed E-state index contributed by atoms with van der Waals surface area (Å²) in [7, 11) is 0. The van der Waals surface area contributed by atoms with Gasteiger partial charge in [-0.15, -0.1) is 0 Å². The van der Waals surface area contributed by atoms with Gasteiger partial charge in [0, 0.05) is 15.4 Å². The summed E-state index contributed by atoms with van der Waals surface area (Å²) in [5.41, 5.74) is 0.415. The van der Waals surface area contributed by atoms with Crippen LogP contribution in [0, 0.1) is 0 Å². The number of carbonyl (C=O) groups is 1. The first-order chi connectivity index (χ1) is 11.5. The topological polar surface area (TPSA) is 59.3 Å². The van der Waals surface area contributed by atoms with Gasteiger partial charge >= 0.3 is 5.63 Å². The molecule has 1 unspecified atom stereocenters. The number of benzene rings is 2. The lowest BCUT2D eigenvalue weighted by Gasteiger charge is -2.15. The maximum absolute atomic E-state index is 12.4. The number of fused-ring (bicyclic) bond motifs is 1. The third-order valence-electron chi connectivity index (χ3n) is 3.66. The van der Waals surface area contributed by atoms with E-state index < -0.39 is 17.6 Å². The smallest absolute Gasteiger partial charge is 0.349 e. The van der Waals surface area contributed by atoms with Gasteiger partial charge in [-0.25, -0.2) is 4.79 Å². The van der Waals surface area contributed by atoms with Crippen LogP contribution >= 0.6 is 23.2 Å². The summed E-state index contributed by atoms with van der Waals surface area (Å²) in [6.45, 7) is 1.77. The van der Waals surface area contributed by atoms with Crippen LogP contribution in [0.4, 0.5) is 0 Å². The normalized spacial score (nSPS) is 12.1. The van der Waals surface area contributed by atoms with Gasteiger partial charge in [0.1, 0.15) is 11.1 Å². The van der Waals surface area contributed by atoms with Crippen LogP contribution in [0.2, 0.25) is 10.0 Å². The molecule has 0 spiro atoms. The Bertz CT molecular complexity index is 981. The zero-order valence-corrected chi connectivity index (χ0v) is 14.2. The van der Waals surface area contributed by atoms with Gasteiger partial charge in [0.25, 0.3) is 5.91 Å². The first kappa shape index (κ1) is 16.6. The molecule has 1 aromatic heterocycles. The fraction of sp³-hybridized carbons (Fsp3) is 0.111. The Balaban J connectivity index is 1.89. The molecular weight excluding hydrogens is 349 g/mol. The van der Waals surface area contributed by atoms with E-state index in [1.165, 1.54) is 6.07 Å². The number of rotatable bonds is 3. The minimum atomic E-state index is -0.680. The Labute approximate surface area is 148 Å². The average Bonchev–Trinajstić information content (AvgIpc) is 2.53. The van der Waals surface area contributed by atoms with E-state index in [4.69, 9.17) is 27.6 Å². The van der Waals surface area contributed by atoms with Crippen molar-refractivity contribution in [1.82, 2.24) is 5.32 Å². The van der Waals surface area contributed by atoms with E-state index >= 15 is 0 Å². The second-order valence-electron chi connectivity index (χ2n) is 5.35. The lowest BCUT2D eigenvalue weighted by Crippen LogP contribution is -2.30. The number of hydrogen-bond donors (Lipinski definition) is 1. The van der Waals surface area contributed by atoms with Crippen molar-refractivity contribution >= 4 is 40.1 Å². The van der Waals surface area contributed by atoms with E-state index in [0.717, 1.165) is 0 Å². The van der Waals surface area contributed by atoms with Gasteiger partial charge in [0.15, 0.2) is 0 Å². The van der Waals surface area contributed by atoms with Crippen molar-refractivity contribution in [2.45, 2.75) is 13.0 Å². The molecule has 0 aliphatic carbocycles. The van der Waals surface area contributed by atoms with E-state index in [1.54, 1.807) is 49.4 Å². The molecule has 0 bridgehead atoms. The van der Waals surface area contributed by atoms with Crippen molar-refractivity contribution in [2.24, 2.45) is 0 Å². The molecule has 122 valence electrons.